The van der Waals surface area contributed by atoms with Crippen molar-refractivity contribution in [3.05, 3.63) is 178 Å². The lowest BCUT2D eigenvalue weighted by Crippen LogP contribution is -2.72. The van der Waals surface area contributed by atoms with Crippen LogP contribution in [0.1, 0.15) is 87.5 Å². The summed E-state index contributed by atoms with van der Waals surface area (Å²) in [6, 6.07) is 38.2. The van der Waals surface area contributed by atoms with Crippen LogP contribution in [0.25, 0.3) is 32.7 Å². The van der Waals surface area contributed by atoms with Gasteiger partial charge in [-0.1, -0.05) is 62.3 Å². The molecule has 0 spiro atoms. The first-order valence-electron chi connectivity index (χ1n) is 38.9. The van der Waals surface area contributed by atoms with Crippen molar-refractivity contribution in [2.24, 2.45) is 0 Å². The number of nitrogens with zero attached hydrogens (tertiary/aromatic N) is 5. The zero-order chi connectivity index (χ0) is 81.0. The van der Waals surface area contributed by atoms with Gasteiger partial charge in [-0.25, -0.2) is 9.59 Å². The number of nitrogens with one attached hydrogen (secondary N) is 4. The minimum atomic E-state index is -0.640. The van der Waals surface area contributed by atoms with Crippen LogP contribution in [0, 0.1) is 0 Å². The number of morpholine rings is 3. The molecule has 3 atom stereocenters. The van der Waals surface area contributed by atoms with Crippen LogP contribution in [0.5, 0.6) is 34.5 Å². The Hall–Kier alpha value is -8.21. The minimum Gasteiger partial charge on any atom is -0.493 e. The van der Waals surface area contributed by atoms with Crippen molar-refractivity contribution in [2.75, 3.05) is 141 Å². The van der Waals surface area contributed by atoms with Crippen molar-refractivity contribution in [3.8, 4) is 34.5 Å². The number of aromatic nitrogens is 3. The van der Waals surface area contributed by atoms with E-state index in [1.165, 1.54) is 60.6 Å². The number of carbonyl (C=O) groups excluding carboxylic acids is 3. The van der Waals surface area contributed by atoms with Crippen molar-refractivity contribution >= 4 is 162 Å². The number of aryl methyl sites for hydroxylation is 3. The van der Waals surface area contributed by atoms with Gasteiger partial charge in [-0.15, -0.1) is 6.39 Å². The molecule has 3 saturated heterocycles. The van der Waals surface area contributed by atoms with Crippen molar-refractivity contribution in [3.63, 3.8) is 0 Å². The van der Waals surface area contributed by atoms with Crippen LogP contribution in [0.15, 0.2) is 128 Å². The van der Waals surface area contributed by atoms with Crippen LogP contribution >= 0.6 is 11.6 Å². The third-order valence-corrected chi connectivity index (χ3v) is 22.5. The van der Waals surface area contributed by atoms with Gasteiger partial charge in [-0.2, -0.15) is 0 Å². The molecular weight excluding hydrogens is 1440 g/mol. The molecule has 3 aromatic heterocycles. The molecule has 114 heavy (non-hydrogen) atoms. The molecule has 0 bridgehead atoms. The summed E-state index contributed by atoms with van der Waals surface area (Å²) in [6.45, 7) is 9.82. The summed E-state index contributed by atoms with van der Waals surface area (Å²) in [5.41, 5.74) is 14.9. The first-order chi connectivity index (χ1) is 55.3. The van der Waals surface area contributed by atoms with Gasteiger partial charge in [0, 0.05) is 110 Å². The normalized spacial score (nSPS) is 16.9. The molecule has 36 heteroatoms. The fourth-order valence-corrected chi connectivity index (χ4v) is 16.3. The van der Waals surface area contributed by atoms with E-state index in [-0.39, 0.29) is 56.4 Å². The fraction of sp³-hybridized carbons (Fsp3) is 0.423. The number of carbonyl (C=O) groups is 3. The SMILES string of the molecule is COc1cc2c(cc1OC)C(CCc1c[nH]c3ccccc13)N(C(=O)N1CCOCC1)CC2.COc1cc2c(cc1OC)C(CCc1c[nH]c3ccccc13)N(C(=O)N1CCOCC1)CC2.COc1cc2c(cc1OC)C(CCc1c[nH]c3ccccc13)NCC2.O=C(Cl)N1CCOCC1.[B]B([B])B(B([B])[B])B(B([B])[B])B([B])[BH3-]. The van der Waals surface area contributed by atoms with Gasteiger partial charge in [-0.05, 0) is 267 Å². The number of fused-ring (bicyclic) bond motifs is 6. The number of hydrogen-bond donors (Lipinski definition) is 4. The second-order valence-corrected chi connectivity index (χ2v) is 29.1. The number of amides is 5. The number of ether oxygens (including phenoxy) is 9. The fourth-order valence-electron chi connectivity index (χ4n) is 16.2. The smallest absolute Gasteiger partial charge is 0.320 e. The van der Waals surface area contributed by atoms with Crippen LogP contribution in [-0.4, -0.2) is 298 Å². The van der Waals surface area contributed by atoms with Crippen LogP contribution in [0.3, 0.4) is 0 Å². The number of benzene rings is 6. The molecular formula is C78H97B14ClN9O12-. The van der Waals surface area contributed by atoms with E-state index in [0.717, 1.165) is 109 Å². The van der Waals surface area contributed by atoms with Crippen LogP contribution < -0.4 is 33.7 Å². The highest BCUT2D eigenvalue weighted by molar-refractivity contribution is 8.10. The van der Waals surface area contributed by atoms with Crippen molar-refractivity contribution in [2.45, 2.75) is 75.9 Å². The Labute approximate surface area is 689 Å². The number of methoxy groups -OCH3 is 6. The zero-order valence-electron chi connectivity index (χ0n) is 65.8. The van der Waals surface area contributed by atoms with Gasteiger partial charge in [0.2, 0.25) is 0 Å². The molecule has 0 saturated carbocycles. The third kappa shape index (κ3) is 21.3. The van der Waals surface area contributed by atoms with Gasteiger partial charge in [0.1, 0.15) is 0 Å². The molecule has 6 aliphatic heterocycles. The predicted molar refractivity (Wildman–Crippen MR) is 473 cm³/mol. The Morgan fingerprint density at radius 3 is 1.09 bits per heavy atom. The Bertz CT molecular complexity index is 4410. The van der Waals surface area contributed by atoms with Crippen LogP contribution in [0.2, 0.25) is 0 Å². The van der Waals surface area contributed by atoms with Crippen molar-refractivity contribution in [1.82, 2.24) is 44.8 Å². The van der Waals surface area contributed by atoms with E-state index in [1.54, 1.807) is 47.6 Å². The average Bonchev–Trinajstić information content (AvgIpc) is 0.860. The van der Waals surface area contributed by atoms with E-state index >= 15 is 0 Å². The maximum Gasteiger partial charge on any atom is 0.320 e. The summed E-state index contributed by atoms with van der Waals surface area (Å²) < 4.78 is 49.2. The summed E-state index contributed by atoms with van der Waals surface area (Å²) in [7, 11) is 49.4. The van der Waals surface area contributed by atoms with Gasteiger partial charge in [-0.3, -0.25) is 4.79 Å². The molecule has 4 N–H and O–H groups in total. The molecule has 6 aliphatic rings. The maximum absolute atomic E-state index is 13.6. The van der Waals surface area contributed by atoms with Gasteiger partial charge in [0.25, 0.3) is 0 Å². The number of H-pyrrole nitrogens is 3. The van der Waals surface area contributed by atoms with E-state index in [2.05, 4.69) is 146 Å². The number of rotatable bonds is 20. The molecule has 3 unspecified atom stereocenters. The third-order valence-electron chi connectivity index (χ3n) is 22.2. The number of hydrogen-bond acceptors (Lipinski definition) is 13. The topological polar surface area (TPSA) is 210 Å². The summed E-state index contributed by atoms with van der Waals surface area (Å²) in [6.07, 6.45) is 12.1. The maximum atomic E-state index is 13.6. The van der Waals surface area contributed by atoms with Gasteiger partial charge >= 0.3 is 17.4 Å². The zero-order valence-corrected chi connectivity index (χ0v) is 66.6. The molecule has 3 fully saturated rings. The monoisotopic (exact) mass is 1540 g/mol. The van der Waals surface area contributed by atoms with Gasteiger partial charge in [0.15, 0.2) is 34.5 Å². The first-order valence-corrected chi connectivity index (χ1v) is 39.3. The van der Waals surface area contributed by atoms with Gasteiger partial charge < -0.3 is 87.4 Å². The summed E-state index contributed by atoms with van der Waals surface area (Å²) in [5, 5.41) is 7.10. The minimum absolute atomic E-state index is 0.0100. The largest absolute Gasteiger partial charge is 0.493 e. The number of aromatic amines is 3. The molecule has 576 valence electrons. The van der Waals surface area contributed by atoms with Crippen molar-refractivity contribution in [1.29, 1.82) is 0 Å². The summed E-state index contributed by atoms with van der Waals surface area (Å²) in [4.78, 5) is 57.2. The quantitative estimate of drug-likeness (QED) is 0.0349. The molecule has 6 aromatic carbocycles. The lowest BCUT2D eigenvalue weighted by molar-refractivity contribution is 0.0375. The lowest BCUT2D eigenvalue weighted by Gasteiger charge is -2.41. The Balaban J connectivity index is 0.000000149. The Kier molecular flexibility index (Phi) is 32.0. The molecule has 15 rings (SSSR count). The van der Waals surface area contributed by atoms with E-state index < -0.39 is 19.2 Å². The number of halogens is 1. The predicted octanol–water partition coefficient (Wildman–Crippen LogP) is 6.89. The highest BCUT2D eigenvalue weighted by Gasteiger charge is 2.38. The van der Waals surface area contributed by atoms with Crippen molar-refractivity contribution < 1.29 is 57.0 Å². The number of para-hydroxylation sites is 3. The second-order valence-electron chi connectivity index (χ2n) is 28.8. The summed E-state index contributed by atoms with van der Waals surface area (Å²) in [5.74, 6) is 4.50. The van der Waals surface area contributed by atoms with Crippen LogP contribution in [-0.2, 0) is 52.7 Å². The standard InChI is InChI=1S/2C26H31N3O4.C21H24N2O2.C5H8ClNO2.B14H3/c2*1-31-24-15-18-9-10-29(26(30)28-11-13-33-14-12-28)23(21(18)16-25(24)32-2)8-7-19-17-27-22-6-4-3-5-20(19)22;1-24-20-11-14-9-10-22-19(17(14)12-21(20)25-2)8-7-15-13-23-18-6-4-3-5-16(15)18;6-5(8)7-1-3-9-4-2-7;1-9(2)13(10(3)4)14(11(5)6)12(7)8/h2*3-6,15-17,23,27H,7-14H2,1-2H3;3-6,11-13,19,22-23H,7-10H2,1-2H3;1-4H2;1H3/q;;;;-1. The molecule has 9 heterocycles. The molecule has 9 aromatic rings. The molecule has 21 nitrogen and oxygen atoms in total. The first kappa shape index (κ1) is 86.6. The Morgan fingerprint density at radius 2 is 0.763 bits per heavy atom. The number of urea groups is 2. The van der Waals surface area contributed by atoms with E-state index in [9.17, 15) is 14.4 Å². The molecule has 14 radical (unpaired) electrons. The van der Waals surface area contributed by atoms with Gasteiger partial charge in [0.05, 0.1) is 94.4 Å². The summed E-state index contributed by atoms with van der Waals surface area (Å²) >= 11 is 5.19. The van der Waals surface area contributed by atoms with E-state index in [1.807, 2.05) is 21.9 Å². The lowest BCUT2D eigenvalue weighted by atomic mass is 8.47. The molecule has 5 amide bonds. The van der Waals surface area contributed by atoms with E-state index in [4.69, 9.17) is 108 Å². The molecule has 0 aliphatic carbocycles. The Morgan fingerprint density at radius 1 is 0.439 bits per heavy atom. The highest BCUT2D eigenvalue weighted by atomic mass is 35.5. The highest BCUT2D eigenvalue weighted by Crippen LogP contribution is 2.44. The van der Waals surface area contributed by atoms with Crippen LogP contribution in [0.4, 0.5) is 14.4 Å². The van der Waals surface area contributed by atoms with E-state index in [0.29, 0.717) is 110 Å². The second kappa shape index (κ2) is 42.1. The average molecular weight is 1540 g/mol.